The lowest BCUT2D eigenvalue weighted by Gasteiger charge is -2.09. The maximum absolute atomic E-state index is 12.1. The van der Waals surface area contributed by atoms with Gasteiger partial charge in [-0.15, -0.1) is 0 Å². The average Bonchev–Trinajstić information content (AvgIpc) is 3.05. The molecule has 1 atom stereocenters. The summed E-state index contributed by atoms with van der Waals surface area (Å²) in [5.41, 5.74) is 1.64. The summed E-state index contributed by atoms with van der Waals surface area (Å²) >= 11 is 0. The highest BCUT2D eigenvalue weighted by Crippen LogP contribution is 2.24. The van der Waals surface area contributed by atoms with Crippen LogP contribution in [0, 0.1) is 6.92 Å². The van der Waals surface area contributed by atoms with E-state index in [1.54, 1.807) is 0 Å². The molecule has 1 aliphatic heterocycles. The molecule has 100 valence electrons. The quantitative estimate of drug-likeness (QED) is 0.922. The number of aryl methyl sites for hydroxylation is 1. The topological polar surface area (TPSA) is 51.5 Å². The smallest absolute Gasteiger partial charge is 0.287 e. The van der Waals surface area contributed by atoms with Crippen LogP contribution in [0.1, 0.15) is 29.0 Å². The van der Waals surface area contributed by atoms with Gasteiger partial charge in [-0.3, -0.25) is 4.79 Å². The van der Waals surface area contributed by atoms with Gasteiger partial charge in [0.25, 0.3) is 5.91 Å². The number of rotatable bonds is 3. The van der Waals surface area contributed by atoms with Crippen LogP contribution in [0.2, 0.25) is 0 Å². The molecule has 1 amide bonds. The maximum Gasteiger partial charge on any atom is 0.287 e. The van der Waals surface area contributed by atoms with E-state index in [2.05, 4.69) is 5.32 Å². The molecule has 19 heavy (non-hydrogen) atoms. The van der Waals surface area contributed by atoms with Crippen LogP contribution < -0.4 is 5.32 Å². The van der Waals surface area contributed by atoms with Gasteiger partial charge in [-0.25, -0.2) is 0 Å². The summed E-state index contributed by atoms with van der Waals surface area (Å²) < 4.78 is 11.1. The maximum atomic E-state index is 12.1. The lowest BCUT2D eigenvalue weighted by molar-refractivity contribution is 0.0836. The van der Waals surface area contributed by atoms with Crippen molar-refractivity contribution in [1.82, 2.24) is 5.32 Å². The fourth-order valence-electron chi connectivity index (χ4n) is 2.48. The van der Waals surface area contributed by atoms with Gasteiger partial charge in [-0.05, 0) is 25.8 Å². The number of furan rings is 1. The monoisotopic (exact) mass is 259 g/mol. The van der Waals surface area contributed by atoms with Gasteiger partial charge in [-0.2, -0.15) is 0 Å². The fraction of sp³-hybridized carbons (Fsp3) is 0.400. The van der Waals surface area contributed by atoms with Crippen molar-refractivity contribution in [1.29, 1.82) is 0 Å². The molecule has 2 heterocycles. The standard InChI is InChI=1S/C15H17NO3/c1-10-12-6-2-3-7-13(12)19-14(10)15(17)16-9-11-5-4-8-18-11/h2-3,6-7,11H,4-5,8-9H2,1H3,(H,16,17)/t11-/m0/s1. The Morgan fingerprint density at radius 2 is 2.26 bits per heavy atom. The second-order valence-electron chi connectivity index (χ2n) is 4.90. The van der Waals surface area contributed by atoms with Crippen LogP contribution in [0.25, 0.3) is 11.0 Å². The number of amides is 1. The molecule has 0 spiro atoms. The number of carbonyl (C=O) groups excluding carboxylic acids is 1. The van der Waals surface area contributed by atoms with E-state index in [1.165, 1.54) is 0 Å². The first-order chi connectivity index (χ1) is 9.25. The normalized spacial score (nSPS) is 18.9. The molecular formula is C15H17NO3. The highest BCUT2D eigenvalue weighted by Gasteiger charge is 2.20. The lowest BCUT2D eigenvalue weighted by Crippen LogP contribution is -2.31. The second kappa shape index (κ2) is 5.05. The van der Waals surface area contributed by atoms with E-state index in [0.29, 0.717) is 12.3 Å². The molecule has 3 rings (SSSR count). The number of hydrogen-bond donors (Lipinski definition) is 1. The van der Waals surface area contributed by atoms with Gasteiger partial charge in [0.2, 0.25) is 0 Å². The van der Waals surface area contributed by atoms with Gasteiger partial charge in [-0.1, -0.05) is 18.2 Å². The lowest BCUT2D eigenvalue weighted by atomic mass is 10.1. The Labute approximate surface area is 111 Å². The number of nitrogens with one attached hydrogen (secondary N) is 1. The molecule has 4 nitrogen and oxygen atoms in total. The molecule has 1 saturated heterocycles. The first-order valence-corrected chi connectivity index (χ1v) is 6.63. The minimum atomic E-state index is -0.163. The first-order valence-electron chi connectivity index (χ1n) is 6.63. The van der Waals surface area contributed by atoms with E-state index in [9.17, 15) is 4.79 Å². The number of para-hydroxylation sites is 1. The van der Waals surface area contributed by atoms with Crippen molar-refractivity contribution in [2.24, 2.45) is 0 Å². The van der Waals surface area contributed by atoms with Gasteiger partial charge >= 0.3 is 0 Å². The zero-order chi connectivity index (χ0) is 13.2. The van der Waals surface area contributed by atoms with E-state index >= 15 is 0 Å². The van der Waals surface area contributed by atoms with Crippen molar-refractivity contribution in [2.75, 3.05) is 13.2 Å². The number of carbonyl (C=O) groups is 1. The van der Waals surface area contributed by atoms with E-state index < -0.39 is 0 Å². The van der Waals surface area contributed by atoms with Crippen molar-refractivity contribution in [3.05, 3.63) is 35.6 Å². The Kier molecular flexibility index (Phi) is 3.25. The molecule has 0 saturated carbocycles. The van der Waals surface area contributed by atoms with Crippen molar-refractivity contribution in [3.8, 4) is 0 Å². The van der Waals surface area contributed by atoms with Crippen LogP contribution in [0.4, 0.5) is 0 Å². The Morgan fingerprint density at radius 3 is 3.00 bits per heavy atom. The van der Waals surface area contributed by atoms with Crippen molar-refractivity contribution in [3.63, 3.8) is 0 Å². The van der Waals surface area contributed by atoms with Crippen LogP contribution in [-0.4, -0.2) is 25.2 Å². The minimum Gasteiger partial charge on any atom is -0.451 e. The molecule has 4 heteroatoms. The van der Waals surface area contributed by atoms with Crippen molar-refractivity contribution >= 4 is 16.9 Å². The zero-order valence-electron chi connectivity index (χ0n) is 10.9. The van der Waals surface area contributed by atoms with E-state index in [1.807, 2.05) is 31.2 Å². The molecule has 0 unspecified atom stereocenters. The largest absolute Gasteiger partial charge is 0.451 e. The number of benzene rings is 1. The third-order valence-corrected chi connectivity index (χ3v) is 3.56. The van der Waals surface area contributed by atoms with Gasteiger partial charge in [0, 0.05) is 24.1 Å². The summed E-state index contributed by atoms with van der Waals surface area (Å²) in [6.45, 7) is 3.26. The molecule has 1 aromatic carbocycles. The molecular weight excluding hydrogens is 242 g/mol. The Bertz CT molecular complexity index is 596. The zero-order valence-corrected chi connectivity index (χ0v) is 10.9. The second-order valence-corrected chi connectivity index (χ2v) is 4.90. The van der Waals surface area contributed by atoms with Crippen molar-refractivity contribution in [2.45, 2.75) is 25.9 Å². The van der Waals surface area contributed by atoms with Crippen LogP contribution in [0.5, 0.6) is 0 Å². The highest BCUT2D eigenvalue weighted by molar-refractivity contribution is 5.98. The predicted molar refractivity (Wildman–Crippen MR) is 72.3 cm³/mol. The number of ether oxygens (including phenoxy) is 1. The third kappa shape index (κ3) is 2.36. The molecule has 0 radical (unpaired) electrons. The van der Waals surface area contributed by atoms with Crippen LogP contribution in [0.3, 0.4) is 0 Å². The minimum absolute atomic E-state index is 0.147. The van der Waals surface area contributed by atoms with Gasteiger partial charge < -0.3 is 14.5 Å². The Balaban J connectivity index is 1.75. The summed E-state index contributed by atoms with van der Waals surface area (Å²) in [6.07, 6.45) is 2.23. The fourth-order valence-corrected chi connectivity index (χ4v) is 2.48. The predicted octanol–water partition coefficient (Wildman–Crippen LogP) is 2.65. The summed E-state index contributed by atoms with van der Waals surface area (Å²) in [7, 11) is 0. The summed E-state index contributed by atoms with van der Waals surface area (Å²) in [5, 5.41) is 3.88. The summed E-state index contributed by atoms with van der Waals surface area (Å²) in [4.78, 5) is 12.1. The van der Waals surface area contributed by atoms with Crippen LogP contribution in [-0.2, 0) is 4.74 Å². The molecule has 1 N–H and O–H groups in total. The van der Waals surface area contributed by atoms with Gasteiger partial charge in [0.05, 0.1) is 6.10 Å². The molecule has 1 aromatic heterocycles. The van der Waals surface area contributed by atoms with Crippen LogP contribution >= 0.6 is 0 Å². The molecule has 1 aliphatic rings. The Hall–Kier alpha value is -1.81. The van der Waals surface area contributed by atoms with Crippen LogP contribution in [0.15, 0.2) is 28.7 Å². The molecule has 1 fully saturated rings. The summed E-state index contributed by atoms with van der Waals surface area (Å²) in [5.74, 6) is 0.239. The van der Waals surface area contributed by atoms with E-state index in [-0.39, 0.29) is 12.0 Å². The van der Waals surface area contributed by atoms with Crippen molar-refractivity contribution < 1.29 is 13.9 Å². The summed E-state index contributed by atoms with van der Waals surface area (Å²) in [6, 6.07) is 7.68. The molecule has 0 aliphatic carbocycles. The van der Waals surface area contributed by atoms with Gasteiger partial charge in [0.15, 0.2) is 5.76 Å². The van der Waals surface area contributed by atoms with Gasteiger partial charge in [0.1, 0.15) is 5.58 Å². The average molecular weight is 259 g/mol. The Morgan fingerprint density at radius 1 is 1.42 bits per heavy atom. The molecule has 0 bridgehead atoms. The van der Waals surface area contributed by atoms with E-state index in [4.69, 9.17) is 9.15 Å². The molecule has 2 aromatic rings. The number of fused-ring (bicyclic) bond motifs is 1. The first kappa shape index (κ1) is 12.2. The highest BCUT2D eigenvalue weighted by atomic mass is 16.5. The third-order valence-electron chi connectivity index (χ3n) is 3.56. The number of hydrogen-bond acceptors (Lipinski definition) is 3. The van der Waals surface area contributed by atoms with E-state index in [0.717, 1.165) is 36.0 Å². The SMILES string of the molecule is Cc1c(C(=O)NC[C@@H]2CCCO2)oc2ccccc12.